The highest BCUT2D eigenvalue weighted by atomic mass is 16.5. The first-order valence-corrected chi connectivity index (χ1v) is 7.98. The molecule has 1 aliphatic carbocycles. The van der Waals surface area contributed by atoms with Crippen LogP contribution in [0.25, 0.3) is 0 Å². The molecule has 1 amide bonds. The summed E-state index contributed by atoms with van der Waals surface area (Å²) >= 11 is 0. The molecule has 2 N–H and O–H groups in total. The molecule has 2 rings (SSSR count). The van der Waals surface area contributed by atoms with E-state index in [1.807, 2.05) is 0 Å². The summed E-state index contributed by atoms with van der Waals surface area (Å²) in [5, 5.41) is 2.88. The molecular weight excluding hydrogens is 256 g/mol. The summed E-state index contributed by atoms with van der Waals surface area (Å²) in [6, 6.07) is -0.260. The highest BCUT2D eigenvalue weighted by Crippen LogP contribution is 2.22. The number of hydrogen-bond acceptors (Lipinski definition) is 3. The van der Waals surface area contributed by atoms with Crippen molar-refractivity contribution in [2.45, 2.75) is 51.5 Å². The lowest BCUT2D eigenvalue weighted by molar-refractivity contribution is -0.920. The Morgan fingerprint density at radius 1 is 1.35 bits per heavy atom. The van der Waals surface area contributed by atoms with E-state index < -0.39 is 0 Å². The summed E-state index contributed by atoms with van der Waals surface area (Å²) in [4.78, 5) is 25.0. The number of carbonyl (C=O) groups is 2. The highest BCUT2D eigenvalue weighted by Gasteiger charge is 2.37. The molecule has 114 valence electrons. The van der Waals surface area contributed by atoms with Gasteiger partial charge in [-0.25, -0.2) is 0 Å². The van der Waals surface area contributed by atoms with Gasteiger partial charge in [-0.05, 0) is 19.8 Å². The van der Waals surface area contributed by atoms with Gasteiger partial charge >= 0.3 is 5.97 Å². The molecule has 1 heterocycles. The van der Waals surface area contributed by atoms with Crippen LogP contribution in [0.4, 0.5) is 0 Å². The van der Waals surface area contributed by atoms with Crippen LogP contribution in [0.2, 0.25) is 0 Å². The molecule has 0 aromatic carbocycles. The van der Waals surface area contributed by atoms with Crippen molar-refractivity contribution in [1.82, 2.24) is 5.32 Å². The van der Waals surface area contributed by atoms with Gasteiger partial charge < -0.3 is 15.0 Å². The van der Waals surface area contributed by atoms with Crippen LogP contribution >= 0.6 is 0 Å². The van der Waals surface area contributed by atoms with E-state index in [9.17, 15) is 9.59 Å². The maximum atomic E-state index is 12.0. The summed E-state index contributed by atoms with van der Waals surface area (Å²) in [5.41, 5.74) is 0. The van der Waals surface area contributed by atoms with Crippen molar-refractivity contribution < 1.29 is 19.2 Å². The molecule has 0 spiro atoms. The minimum atomic E-state index is -0.260. The van der Waals surface area contributed by atoms with Crippen molar-refractivity contribution in [2.75, 3.05) is 26.2 Å². The van der Waals surface area contributed by atoms with Gasteiger partial charge in [0.05, 0.1) is 26.2 Å². The molecule has 20 heavy (non-hydrogen) atoms. The van der Waals surface area contributed by atoms with Gasteiger partial charge in [0.15, 0.2) is 6.04 Å². The van der Waals surface area contributed by atoms with E-state index in [1.165, 1.54) is 37.0 Å². The lowest BCUT2D eigenvalue weighted by Crippen LogP contribution is -3.20. The zero-order valence-electron chi connectivity index (χ0n) is 12.5. The highest BCUT2D eigenvalue weighted by molar-refractivity contribution is 5.85. The van der Waals surface area contributed by atoms with E-state index in [4.69, 9.17) is 4.74 Å². The van der Waals surface area contributed by atoms with Gasteiger partial charge in [0, 0.05) is 5.92 Å². The molecule has 0 bridgehead atoms. The Morgan fingerprint density at radius 3 is 2.80 bits per heavy atom. The number of esters is 1. The second-order valence-corrected chi connectivity index (χ2v) is 5.97. The lowest BCUT2D eigenvalue weighted by atomic mass is 9.88. The number of amides is 1. The molecule has 0 aromatic rings. The fraction of sp³-hybridized carbons (Fsp3) is 0.867. The topological polar surface area (TPSA) is 59.8 Å². The van der Waals surface area contributed by atoms with Crippen LogP contribution in [0, 0.1) is 5.92 Å². The van der Waals surface area contributed by atoms with E-state index in [2.05, 4.69) is 5.32 Å². The van der Waals surface area contributed by atoms with Gasteiger partial charge in [-0.2, -0.15) is 0 Å². The second-order valence-electron chi connectivity index (χ2n) is 5.97. The monoisotopic (exact) mass is 283 g/mol. The molecule has 2 atom stereocenters. The van der Waals surface area contributed by atoms with Crippen molar-refractivity contribution in [1.29, 1.82) is 0 Å². The SMILES string of the molecule is CCOC(=O)CC1C(=O)NCC[NH+]1CC1CCCCC1. The van der Waals surface area contributed by atoms with Crippen LogP contribution in [0.1, 0.15) is 45.4 Å². The predicted octanol–water partition coefficient (Wildman–Crippen LogP) is -0.0968. The quantitative estimate of drug-likeness (QED) is 0.693. The number of rotatable bonds is 5. The Kier molecular flexibility index (Phi) is 5.83. The van der Waals surface area contributed by atoms with E-state index in [1.54, 1.807) is 6.92 Å². The van der Waals surface area contributed by atoms with Gasteiger partial charge in [0.1, 0.15) is 6.42 Å². The van der Waals surface area contributed by atoms with Crippen molar-refractivity contribution in [3.63, 3.8) is 0 Å². The van der Waals surface area contributed by atoms with Crippen LogP contribution in [0.5, 0.6) is 0 Å². The van der Waals surface area contributed by atoms with Crippen LogP contribution in [-0.4, -0.2) is 44.2 Å². The van der Waals surface area contributed by atoms with Crippen molar-refractivity contribution in [3.05, 3.63) is 0 Å². The smallest absolute Gasteiger partial charge is 0.312 e. The maximum Gasteiger partial charge on any atom is 0.312 e. The normalized spacial score (nSPS) is 27.9. The predicted molar refractivity (Wildman–Crippen MR) is 75.3 cm³/mol. The summed E-state index contributed by atoms with van der Waals surface area (Å²) in [7, 11) is 0. The van der Waals surface area contributed by atoms with E-state index in [0.29, 0.717) is 12.5 Å². The van der Waals surface area contributed by atoms with Crippen LogP contribution < -0.4 is 10.2 Å². The van der Waals surface area contributed by atoms with Crippen LogP contribution in [0.15, 0.2) is 0 Å². The van der Waals surface area contributed by atoms with E-state index >= 15 is 0 Å². The Hall–Kier alpha value is -1.10. The van der Waals surface area contributed by atoms with E-state index in [0.717, 1.165) is 19.6 Å². The van der Waals surface area contributed by atoms with Gasteiger partial charge in [0.25, 0.3) is 5.91 Å². The standard InChI is InChI=1S/C15H26N2O3/c1-2-20-14(18)10-13-15(19)16-8-9-17(13)11-12-6-4-3-5-7-12/h12-13H,2-11H2,1H3,(H,16,19)/p+1. The number of nitrogens with one attached hydrogen (secondary N) is 2. The average Bonchev–Trinajstić information content (AvgIpc) is 2.44. The molecule has 5 heteroatoms. The first-order chi connectivity index (χ1) is 9.70. The number of hydrogen-bond donors (Lipinski definition) is 2. The molecule has 0 radical (unpaired) electrons. The molecule has 2 aliphatic rings. The number of quaternary nitrogens is 1. The Labute approximate surface area is 121 Å². The van der Waals surface area contributed by atoms with Crippen molar-refractivity contribution in [3.8, 4) is 0 Å². The number of piperazine rings is 1. The third kappa shape index (κ3) is 4.20. The fourth-order valence-electron chi connectivity index (χ4n) is 3.46. The summed E-state index contributed by atoms with van der Waals surface area (Å²) < 4.78 is 5.00. The van der Waals surface area contributed by atoms with Gasteiger partial charge in [-0.15, -0.1) is 0 Å². The minimum absolute atomic E-state index is 0.00936. The average molecular weight is 283 g/mol. The second kappa shape index (κ2) is 7.62. The van der Waals surface area contributed by atoms with Gasteiger partial charge in [0.2, 0.25) is 0 Å². The summed E-state index contributed by atoms with van der Waals surface area (Å²) in [6.07, 6.45) is 6.73. The zero-order valence-corrected chi connectivity index (χ0v) is 12.5. The van der Waals surface area contributed by atoms with Crippen LogP contribution in [0.3, 0.4) is 0 Å². The van der Waals surface area contributed by atoms with Gasteiger partial charge in [-0.3, -0.25) is 9.59 Å². The largest absolute Gasteiger partial charge is 0.466 e. The summed E-state index contributed by atoms with van der Waals surface area (Å²) in [6.45, 7) is 4.85. The maximum absolute atomic E-state index is 12.0. The third-order valence-corrected chi connectivity index (χ3v) is 4.51. The Morgan fingerprint density at radius 2 is 2.10 bits per heavy atom. The molecule has 1 saturated carbocycles. The molecule has 5 nitrogen and oxygen atoms in total. The molecular formula is C15H27N2O3+. The molecule has 1 aliphatic heterocycles. The zero-order chi connectivity index (χ0) is 14.4. The molecule has 1 saturated heterocycles. The Balaban J connectivity index is 1.92. The van der Waals surface area contributed by atoms with Crippen LogP contribution in [-0.2, 0) is 14.3 Å². The van der Waals surface area contributed by atoms with Crippen molar-refractivity contribution >= 4 is 11.9 Å². The minimum Gasteiger partial charge on any atom is -0.466 e. The lowest BCUT2D eigenvalue weighted by Gasteiger charge is -2.34. The number of carbonyl (C=O) groups excluding carboxylic acids is 2. The van der Waals surface area contributed by atoms with Crippen molar-refractivity contribution in [2.24, 2.45) is 5.92 Å². The fourth-order valence-corrected chi connectivity index (χ4v) is 3.46. The first-order valence-electron chi connectivity index (χ1n) is 7.98. The third-order valence-electron chi connectivity index (χ3n) is 4.51. The van der Waals surface area contributed by atoms with Gasteiger partial charge in [-0.1, -0.05) is 19.3 Å². The summed E-state index contributed by atoms with van der Waals surface area (Å²) in [5.74, 6) is 0.472. The first kappa shape index (κ1) is 15.3. The Bertz CT molecular complexity index is 340. The molecule has 0 aromatic heterocycles. The molecule has 2 fully saturated rings. The number of ether oxygens (including phenoxy) is 1. The molecule has 2 unspecified atom stereocenters. The van der Waals surface area contributed by atoms with E-state index in [-0.39, 0.29) is 24.3 Å².